The molecule has 7 heteroatoms. The fraction of sp³-hybridized carbons (Fsp3) is 0.250. The number of carbonyl (C=O) groups excluding carboxylic acids is 2. The number of alkyl carbamates (subject to hydrolysis) is 1. The van der Waals surface area contributed by atoms with Gasteiger partial charge in [0.15, 0.2) is 0 Å². The van der Waals surface area contributed by atoms with Crippen molar-refractivity contribution in [2.45, 2.75) is 38.3 Å². The second-order valence-electron chi connectivity index (χ2n) is 8.55. The van der Waals surface area contributed by atoms with Crippen LogP contribution in [-0.4, -0.2) is 35.7 Å². The Labute approximate surface area is 204 Å². The van der Waals surface area contributed by atoms with Crippen LogP contribution in [0.1, 0.15) is 52.7 Å². The highest BCUT2D eigenvalue weighted by Crippen LogP contribution is 2.44. The van der Waals surface area contributed by atoms with Crippen LogP contribution in [0.25, 0.3) is 11.1 Å². The topological polar surface area (TPSA) is 105 Å². The van der Waals surface area contributed by atoms with Crippen molar-refractivity contribution >= 4 is 18.0 Å². The molecule has 0 radical (unpaired) electrons. The molecule has 0 heterocycles. The monoisotopic (exact) mass is 472 g/mol. The first-order valence-electron chi connectivity index (χ1n) is 11.7. The summed E-state index contributed by atoms with van der Waals surface area (Å²) in [6, 6.07) is 22.7. The molecule has 4 rings (SSSR count). The number of nitrogens with one attached hydrogen (secondary N) is 2. The Bertz CT molecular complexity index is 1180. The number of ether oxygens (including phenoxy) is 1. The van der Waals surface area contributed by atoms with Gasteiger partial charge in [-0.1, -0.05) is 67.6 Å². The first-order chi connectivity index (χ1) is 17.0. The van der Waals surface area contributed by atoms with E-state index in [9.17, 15) is 14.4 Å². The summed E-state index contributed by atoms with van der Waals surface area (Å²) in [6.07, 6.45) is -0.0990. The van der Waals surface area contributed by atoms with Crippen molar-refractivity contribution < 1.29 is 24.2 Å². The normalized spacial score (nSPS) is 12.8. The largest absolute Gasteiger partial charge is 0.481 e. The van der Waals surface area contributed by atoms with Gasteiger partial charge in [-0.25, -0.2) is 4.79 Å². The lowest BCUT2D eigenvalue weighted by Gasteiger charge is -2.15. The van der Waals surface area contributed by atoms with Crippen molar-refractivity contribution in [1.29, 1.82) is 0 Å². The molecule has 3 aromatic rings. The molecule has 0 aliphatic heterocycles. The molecule has 0 fully saturated rings. The van der Waals surface area contributed by atoms with Gasteiger partial charge in [0.2, 0.25) is 0 Å². The van der Waals surface area contributed by atoms with E-state index in [0.717, 1.165) is 16.7 Å². The second-order valence-corrected chi connectivity index (χ2v) is 8.55. The van der Waals surface area contributed by atoms with Crippen LogP contribution in [0.5, 0.6) is 0 Å². The van der Waals surface area contributed by atoms with Gasteiger partial charge < -0.3 is 20.5 Å². The molecule has 3 aromatic carbocycles. The maximum Gasteiger partial charge on any atom is 0.407 e. The lowest BCUT2D eigenvalue weighted by atomic mass is 9.98. The van der Waals surface area contributed by atoms with E-state index in [1.165, 1.54) is 11.1 Å². The van der Waals surface area contributed by atoms with Crippen LogP contribution in [0.4, 0.5) is 4.79 Å². The molecule has 0 aromatic heterocycles. The predicted octanol–water partition coefficient (Wildman–Crippen LogP) is 4.71. The van der Waals surface area contributed by atoms with Crippen molar-refractivity contribution in [1.82, 2.24) is 10.6 Å². The minimum Gasteiger partial charge on any atom is -0.481 e. The van der Waals surface area contributed by atoms with E-state index in [1.807, 2.05) is 31.2 Å². The van der Waals surface area contributed by atoms with Crippen LogP contribution in [0.3, 0.4) is 0 Å². The Hall–Kier alpha value is -4.13. The number of amides is 2. The molecule has 35 heavy (non-hydrogen) atoms. The summed E-state index contributed by atoms with van der Waals surface area (Å²) in [7, 11) is 0. The van der Waals surface area contributed by atoms with Crippen molar-refractivity contribution in [3.05, 3.63) is 95.1 Å². The Morgan fingerprint density at radius 2 is 1.51 bits per heavy atom. The molecular weight excluding hydrogens is 444 g/mol. The van der Waals surface area contributed by atoms with Crippen LogP contribution in [0.2, 0.25) is 0 Å². The number of carboxylic acids is 1. The number of benzene rings is 3. The minimum atomic E-state index is -0.952. The Morgan fingerprint density at radius 1 is 0.914 bits per heavy atom. The van der Waals surface area contributed by atoms with E-state index in [2.05, 4.69) is 34.9 Å². The van der Waals surface area contributed by atoms with E-state index < -0.39 is 18.1 Å². The van der Waals surface area contributed by atoms with E-state index in [0.29, 0.717) is 12.0 Å². The number of aliphatic carboxylic acids is 1. The van der Waals surface area contributed by atoms with Gasteiger partial charge in [-0.15, -0.1) is 0 Å². The highest BCUT2D eigenvalue weighted by atomic mass is 16.5. The number of hydrogen-bond acceptors (Lipinski definition) is 4. The van der Waals surface area contributed by atoms with Crippen LogP contribution < -0.4 is 10.6 Å². The molecule has 0 unspecified atom stereocenters. The Kier molecular flexibility index (Phi) is 7.45. The minimum absolute atomic E-state index is 0.000908. The Balaban J connectivity index is 1.29. The van der Waals surface area contributed by atoms with Crippen LogP contribution in [-0.2, 0) is 16.1 Å². The molecule has 0 saturated carbocycles. The maximum atomic E-state index is 12.4. The van der Waals surface area contributed by atoms with Gasteiger partial charge in [0, 0.05) is 24.1 Å². The fourth-order valence-corrected chi connectivity index (χ4v) is 4.37. The molecule has 7 nitrogen and oxygen atoms in total. The summed E-state index contributed by atoms with van der Waals surface area (Å²) >= 11 is 0. The number of rotatable bonds is 9. The van der Waals surface area contributed by atoms with Gasteiger partial charge in [-0.3, -0.25) is 9.59 Å². The number of carboxylic acid groups (broad SMARTS) is 1. The zero-order valence-electron chi connectivity index (χ0n) is 19.5. The number of fused-ring (bicyclic) bond motifs is 3. The van der Waals surface area contributed by atoms with Crippen molar-refractivity contribution in [2.24, 2.45) is 0 Å². The van der Waals surface area contributed by atoms with E-state index in [4.69, 9.17) is 9.84 Å². The summed E-state index contributed by atoms with van der Waals surface area (Å²) < 4.78 is 5.55. The highest BCUT2D eigenvalue weighted by molar-refractivity contribution is 5.94. The van der Waals surface area contributed by atoms with Gasteiger partial charge in [0.05, 0.1) is 6.42 Å². The molecule has 0 bridgehead atoms. The van der Waals surface area contributed by atoms with Gasteiger partial charge in [0.25, 0.3) is 5.91 Å². The summed E-state index contributed by atoms with van der Waals surface area (Å²) in [5.74, 6) is -1.28. The van der Waals surface area contributed by atoms with Gasteiger partial charge >= 0.3 is 12.1 Å². The number of carbonyl (C=O) groups is 3. The van der Waals surface area contributed by atoms with Gasteiger partial charge in [0.1, 0.15) is 6.61 Å². The zero-order chi connectivity index (χ0) is 24.8. The molecule has 0 saturated heterocycles. The first kappa shape index (κ1) is 24.0. The van der Waals surface area contributed by atoms with Gasteiger partial charge in [-0.2, -0.15) is 0 Å². The van der Waals surface area contributed by atoms with E-state index in [-0.39, 0.29) is 31.4 Å². The fourth-order valence-electron chi connectivity index (χ4n) is 4.37. The highest BCUT2D eigenvalue weighted by Gasteiger charge is 2.29. The van der Waals surface area contributed by atoms with Crippen LogP contribution >= 0.6 is 0 Å². The molecule has 2 amide bonds. The molecule has 1 aliphatic carbocycles. The predicted molar refractivity (Wildman–Crippen MR) is 132 cm³/mol. The third-order valence-corrected chi connectivity index (χ3v) is 6.25. The van der Waals surface area contributed by atoms with Crippen molar-refractivity contribution in [2.75, 3.05) is 6.61 Å². The zero-order valence-corrected chi connectivity index (χ0v) is 19.5. The molecular formula is C28H28N2O5. The summed E-state index contributed by atoms with van der Waals surface area (Å²) in [6.45, 7) is 2.33. The summed E-state index contributed by atoms with van der Waals surface area (Å²) in [5.41, 5.74) is 5.91. The van der Waals surface area contributed by atoms with E-state index in [1.54, 1.807) is 24.3 Å². The first-order valence-corrected chi connectivity index (χ1v) is 11.7. The van der Waals surface area contributed by atoms with Gasteiger partial charge in [-0.05, 0) is 46.4 Å². The molecule has 1 atom stereocenters. The standard InChI is InChI=1S/C28H28N2O5/c1-2-20(15-26(31)32)30-27(33)19-13-11-18(12-14-19)16-29-28(34)35-17-25-23-9-5-3-7-21(23)22-8-4-6-10-24(22)25/h3-14,20,25H,2,15-17H2,1H3,(H,29,34)(H,30,33)(H,31,32)/t20-/m0/s1. The Morgan fingerprint density at radius 3 is 2.09 bits per heavy atom. The van der Waals surface area contributed by atoms with E-state index >= 15 is 0 Å². The van der Waals surface area contributed by atoms with Crippen LogP contribution in [0, 0.1) is 0 Å². The summed E-state index contributed by atoms with van der Waals surface area (Å²) in [4.78, 5) is 35.6. The lowest BCUT2D eigenvalue weighted by Crippen LogP contribution is -2.36. The average Bonchev–Trinajstić information content (AvgIpc) is 3.19. The summed E-state index contributed by atoms with van der Waals surface area (Å²) in [5, 5.41) is 14.4. The lowest BCUT2D eigenvalue weighted by molar-refractivity contribution is -0.137. The molecule has 3 N–H and O–H groups in total. The third kappa shape index (κ3) is 5.69. The number of hydrogen-bond donors (Lipinski definition) is 3. The quantitative estimate of drug-likeness (QED) is 0.418. The SMILES string of the molecule is CC[C@@H](CC(=O)O)NC(=O)c1ccc(CNC(=O)OCC2c3ccccc3-c3ccccc32)cc1. The van der Waals surface area contributed by atoms with Crippen molar-refractivity contribution in [3.63, 3.8) is 0 Å². The molecule has 180 valence electrons. The second kappa shape index (κ2) is 10.9. The maximum absolute atomic E-state index is 12.4. The average molecular weight is 473 g/mol. The van der Waals surface area contributed by atoms with Crippen molar-refractivity contribution in [3.8, 4) is 11.1 Å². The molecule has 0 spiro atoms. The molecule has 1 aliphatic rings. The van der Waals surface area contributed by atoms with Crippen LogP contribution in [0.15, 0.2) is 72.8 Å². The third-order valence-electron chi connectivity index (χ3n) is 6.25. The smallest absolute Gasteiger partial charge is 0.407 e.